The molecule has 2 rings (SSSR count). The Balaban J connectivity index is 2.37. The van der Waals surface area contributed by atoms with Crippen molar-refractivity contribution < 1.29 is 14.3 Å². The van der Waals surface area contributed by atoms with Crippen LogP contribution in [0.4, 0.5) is 0 Å². The summed E-state index contributed by atoms with van der Waals surface area (Å²) in [6, 6.07) is 0. The van der Waals surface area contributed by atoms with E-state index in [2.05, 4.69) is 11.2 Å². The van der Waals surface area contributed by atoms with Crippen LogP contribution in [0.25, 0.3) is 0 Å². The van der Waals surface area contributed by atoms with Crippen molar-refractivity contribution in [2.24, 2.45) is 10.8 Å². The van der Waals surface area contributed by atoms with E-state index in [4.69, 9.17) is 11.2 Å². The SMILES string of the molecule is C#CCNC(=O)C12CC[C@](C)(C(=O)O1)C2(C)C. The van der Waals surface area contributed by atoms with Crippen LogP contribution < -0.4 is 5.32 Å². The lowest BCUT2D eigenvalue weighted by atomic mass is 9.66. The number of rotatable bonds is 2. The molecule has 4 heteroatoms. The lowest BCUT2D eigenvalue weighted by Crippen LogP contribution is -2.53. The Kier molecular flexibility index (Phi) is 2.29. The Morgan fingerprint density at radius 2 is 2.12 bits per heavy atom. The van der Waals surface area contributed by atoms with Gasteiger partial charge in [-0.3, -0.25) is 9.59 Å². The third-order valence-corrected chi connectivity index (χ3v) is 4.80. The molecule has 1 saturated heterocycles. The molecular formula is C13H17NO3. The highest BCUT2D eigenvalue weighted by molar-refractivity contribution is 5.96. The van der Waals surface area contributed by atoms with E-state index in [1.807, 2.05) is 20.8 Å². The molecule has 0 aromatic heterocycles. The lowest BCUT2D eigenvalue weighted by Gasteiger charge is -2.35. The molecule has 1 saturated carbocycles. The standard InChI is InChI=1S/C13H17NO3/c1-5-8-14-9(15)13-7-6-12(4,10(16)17-13)11(13,2)3/h1H,6-8H2,2-4H3,(H,14,15)/t12-,13?/m1/s1. The minimum absolute atomic E-state index is 0.158. The minimum Gasteiger partial charge on any atom is -0.448 e. The second kappa shape index (κ2) is 3.25. The van der Waals surface area contributed by atoms with E-state index < -0.39 is 16.4 Å². The van der Waals surface area contributed by atoms with Crippen LogP contribution in [0.2, 0.25) is 0 Å². The van der Waals surface area contributed by atoms with Gasteiger partial charge in [-0.25, -0.2) is 0 Å². The summed E-state index contributed by atoms with van der Waals surface area (Å²) in [4.78, 5) is 24.1. The summed E-state index contributed by atoms with van der Waals surface area (Å²) in [5.41, 5.74) is -2.12. The summed E-state index contributed by atoms with van der Waals surface area (Å²) in [6.07, 6.45) is 6.37. The van der Waals surface area contributed by atoms with Gasteiger partial charge in [-0.15, -0.1) is 6.42 Å². The Labute approximate surface area is 101 Å². The van der Waals surface area contributed by atoms with Crippen molar-refractivity contribution in [2.45, 2.75) is 39.2 Å². The predicted octanol–water partition coefficient (Wildman–Crippen LogP) is 0.858. The van der Waals surface area contributed by atoms with Crippen molar-refractivity contribution in [1.29, 1.82) is 0 Å². The summed E-state index contributed by atoms with van der Waals surface area (Å²) in [5, 5.41) is 2.63. The van der Waals surface area contributed by atoms with Gasteiger partial charge in [0.25, 0.3) is 5.91 Å². The number of carbonyl (C=O) groups is 2. The molecule has 0 aromatic carbocycles. The Morgan fingerprint density at radius 1 is 1.47 bits per heavy atom. The minimum atomic E-state index is -1.05. The van der Waals surface area contributed by atoms with Crippen LogP contribution in [-0.4, -0.2) is 24.0 Å². The van der Waals surface area contributed by atoms with Gasteiger partial charge in [0.05, 0.1) is 12.0 Å². The van der Waals surface area contributed by atoms with Gasteiger partial charge in [0.15, 0.2) is 5.60 Å². The summed E-state index contributed by atoms with van der Waals surface area (Å²) >= 11 is 0. The number of hydrogen-bond acceptors (Lipinski definition) is 3. The first kappa shape index (κ1) is 12.0. The lowest BCUT2D eigenvalue weighted by molar-refractivity contribution is -0.168. The smallest absolute Gasteiger partial charge is 0.313 e. The van der Waals surface area contributed by atoms with E-state index in [1.165, 1.54) is 0 Å². The Morgan fingerprint density at radius 3 is 2.53 bits per heavy atom. The molecule has 2 aliphatic rings. The zero-order chi connectivity index (χ0) is 12.9. The molecule has 1 aliphatic heterocycles. The highest BCUT2D eigenvalue weighted by Gasteiger charge is 2.75. The quantitative estimate of drug-likeness (QED) is 0.570. The molecule has 2 fully saturated rings. The van der Waals surface area contributed by atoms with Gasteiger partial charge in [0.1, 0.15) is 0 Å². The Hall–Kier alpha value is -1.50. The second-order valence-electron chi connectivity index (χ2n) is 5.56. The first-order valence-electron chi connectivity index (χ1n) is 5.77. The molecule has 1 heterocycles. The topological polar surface area (TPSA) is 55.4 Å². The molecular weight excluding hydrogens is 218 g/mol. The monoisotopic (exact) mass is 235 g/mol. The average molecular weight is 235 g/mol. The van der Waals surface area contributed by atoms with E-state index in [9.17, 15) is 9.59 Å². The molecule has 1 amide bonds. The van der Waals surface area contributed by atoms with Gasteiger partial charge in [-0.1, -0.05) is 19.8 Å². The Bertz CT molecular complexity index is 434. The van der Waals surface area contributed by atoms with E-state index in [0.29, 0.717) is 12.8 Å². The molecule has 0 spiro atoms. The number of terminal acetylenes is 1. The number of amides is 1. The van der Waals surface area contributed by atoms with Gasteiger partial charge in [-0.2, -0.15) is 0 Å². The maximum absolute atomic E-state index is 12.2. The van der Waals surface area contributed by atoms with Crippen LogP contribution in [0, 0.1) is 23.2 Å². The fraction of sp³-hybridized carbons (Fsp3) is 0.692. The fourth-order valence-corrected chi connectivity index (χ4v) is 3.02. The molecule has 4 nitrogen and oxygen atoms in total. The maximum Gasteiger partial charge on any atom is 0.313 e. The van der Waals surface area contributed by atoms with Gasteiger partial charge >= 0.3 is 5.97 Å². The first-order chi connectivity index (χ1) is 7.82. The number of carbonyl (C=O) groups excluding carboxylic acids is 2. The third kappa shape index (κ3) is 1.14. The normalized spacial score (nSPS) is 37.4. The summed E-state index contributed by atoms with van der Waals surface area (Å²) < 4.78 is 5.41. The largest absolute Gasteiger partial charge is 0.448 e. The van der Waals surface area contributed by atoms with E-state index in [0.717, 1.165) is 0 Å². The molecule has 0 aromatic rings. The summed E-state index contributed by atoms with van der Waals surface area (Å²) in [6.45, 7) is 5.87. The van der Waals surface area contributed by atoms with Crippen molar-refractivity contribution in [1.82, 2.24) is 5.32 Å². The van der Waals surface area contributed by atoms with Crippen LogP contribution in [0.15, 0.2) is 0 Å². The first-order valence-corrected chi connectivity index (χ1v) is 5.77. The predicted molar refractivity (Wildman–Crippen MR) is 61.8 cm³/mol. The van der Waals surface area contributed by atoms with Gasteiger partial charge in [-0.05, 0) is 19.8 Å². The van der Waals surface area contributed by atoms with Crippen molar-refractivity contribution in [3.05, 3.63) is 0 Å². The summed E-state index contributed by atoms with van der Waals surface area (Å²) in [5.74, 6) is 1.81. The fourth-order valence-electron chi connectivity index (χ4n) is 3.02. The summed E-state index contributed by atoms with van der Waals surface area (Å²) in [7, 11) is 0. The molecule has 17 heavy (non-hydrogen) atoms. The van der Waals surface area contributed by atoms with Crippen molar-refractivity contribution in [2.75, 3.05) is 6.54 Å². The molecule has 1 aliphatic carbocycles. The van der Waals surface area contributed by atoms with Crippen molar-refractivity contribution >= 4 is 11.9 Å². The number of ether oxygens (including phenoxy) is 1. The molecule has 92 valence electrons. The van der Waals surface area contributed by atoms with E-state index in [1.54, 1.807) is 0 Å². The van der Waals surface area contributed by atoms with Crippen LogP contribution in [0.5, 0.6) is 0 Å². The zero-order valence-corrected chi connectivity index (χ0v) is 10.4. The van der Waals surface area contributed by atoms with Crippen molar-refractivity contribution in [3.8, 4) is 12.3 Å². The van der Waals surface area contributed by atoms with Crippen LogP contribution >= 0.6 is 0 Å². The average Bonchev–Trinajstić information content (AvgIpc) is 2.56. The van der Waals surface area contributed by atoms with Gasteiger partial charge in [0.2, 0.25) is 0 Å². The third-order valence-electron chi connectivity index (χ3n) is 4.80. The highest BCUT2D eigenvalue weighted by atomic mass is 16.6. The molecule has 2 atom stereocenters. The number of nitrogens with one attached hydrogen (secondary N) is 1. The molecule has 2 bridgehead atoms. The van der Waals surface area contributed by atoms with Gasteiger partial charge in [0, 0.05) is 5.41 Å². The zero-order valence-electron chi connectivity index (χ0n) is 10.4. The maximum atomic E-state index is 12.2. The molecule has 1 unspecified atom stereocenters. The second-order valence-corrected chi connectivity index (χ2v) is 5.56. The number of esters is 1. The van der Waals surface area contributed by atoms with Crippen LogP contribution in [0.3, 0.4) is 0 Å². The van der Waals surface area contributed by atoms with Crippen LogP contribution in [0.1, 0.15) is 33.6 Å². The number of fused-ring (bicyclic) bond motifs is 2. The van der Waals surface area contributed by atoms with E-state index in [-0.39, 0.29) is 18.4 Å². The van der Waals surface area contributed by atoms with Gasteiger partial charge < -0.3 is 10.1 Å². The highest BCUT2D eigenvalue weighted by Crippen LogP contribution is 2.65. The molecule has 0 radical (unpaired) electrons. The van der Waals surface area contributed by atoms with Crippen LogP contribution in [-0.2, 0) is 14.3 Å². The van der Waals surface area contributed by atoms with E-state index >= 15 is 0 Å². The molecule has 1 N–H and O–H groups in total. The van der Waals surface area contributed by atoms with Crippen molar-refractivity contribution in [3.63, 3.8) is 0 Å². The number of hydrogen-bond donors (Lipinski definition) is 1.